The zero-order valence-electron chi connectivity index (χ0n) is 17.9. The van der Waals surface area contributed by atoms with Crippen LogP contribution in [0, 0.1) is 10.1 Å². The fourth-order valence-electron chi connectivity index (χ4n) is 4.59. The van der Waals surface area contributed by atoms with Gasteiger partial charge in [0.25, 0.3) is 11.2 Å². The number of nitro groups is 1. The van der Waals surface area contributed by atoms with Gasteiger partial charge in [0.05, 0.1) is 33.8 Å². The highest BCUT2D eigenvalue weighted by Crippen LogP contribution is 2.42. The number of aryl methyl sites for hydroxylation is 1. The number of aromatic nitrogens is 3. The summed E-state index contributed by atoms with van der Waals surface area (Å²) in [7, 11) is 2.97. The van der Waals surface area contributed by atoms with Crippen LogP contribution in [0.5, 0.6) is 5.75 Å². The van der Waals surface area contributed by atoms with Crippen molar-refractivity contribution in [2.75, 3.05) is 6.61 Å². The number of phenolic OH excluding ortho intramolecular Hbond substituents is 1. The van der Waals surface area contributed by atoms with Gasteiger partial charge in [0.1, 0.15) is 11.9 Å². The number of nitro benzene ring substituents is 1. The number of phenols is 1. The fourth-order valence-corrected chi connectivity index (χ4v) is 4.59. The molecule has 0 radical (unpaired) electrons. The normalized spacial score (nSPS) is 15.5. The second-order valence-corrected chi connectivity index (χ2v) is 7.93. The van der Waals surface area contributed by atoms with Crippen LogP contribution in [0.2, 0.25) is 0 Å². The number of benzene rings is 2. The van der Waals surface area contributed by atoms with Crippen molar-refractivity contribution >= 4 is 16.6 Å². The first kappa shape index (κ1) is 20.7. The highest BCUT2D eigenvalue weighted by atomic mass is 16.6. The molecule has 5 rings (SSSR count). The molecule has 0 bridgehead atoms. The predicted molar refractivity (Wildman–Crippen MR) is 120 cm³/mol. The maximum absolute atomic E-state index is 13.4. The summed E-state index contributed by atoms with van der Waals surface area (Å²) in [5.74, 6) is 0.0241. The lowest BCUT2D eigenvalue weighted by molar-refractivity contribution is -0.384. The first-order chi connectivity index (χ1) is 15.8. The molecule has 33 heavy (non-hydrogen) atoms. The van der Waals surface area contributed by atoms with Crippen molar-refractivity contribution in [3.8, 4) is 17.0 Å². The van der Waals surface area contributed by atoms with Gasteiger partial charge in [-0.15, -0.1) is 0 Å². The van der Waals surface area contributed by atoms with Gasteiger partial charge in [-0.05, 0) is 6.07 Å². The third-order valence-electron chi connectivity index (χ3n) is 6.10. The van der Waals surface area contributed by atoms with Gasteiger partial charge in [0.2, 0.25) is 0 Å². The summed E-state index contributed by atoms with van der Waals surface area (Å²) in [6, 6.07) is 12.8. The predicted octanol–water partition coefficient (Wildman–Crippen LogP) is 2.44. The van der Waals surface area contributed by atoms with Crippen molar-refractivity contribution < 1.29 is 14.8 Å². The van der Waals surface area contributed by atoms with E-state index in [-0.39, 0.29) is 23.4 Å². The Morgan fingerprint density at radius 1 is 1.09 bits per heavy atom. The standard InChI is InChI=1S/C23H20N4O6/c1-24-19-17(22(29)25(2)23(24)30)18(13-6-5-7-14(12-13)27(31)32)26-10-11-33-21(20(19)26)15-8-3-4-9-16(15)28/h3-9,12,21,28H,10-11H2,1-2H3. The number of rotatable bonds is 3. The number of hydrogen-bond donors (Lipinski definition) is 1. The maximum atomic E-state index is 13.4. The second-order valence-electron chi connectivity index (χ2n) is 7.93. The average Bonchev–Trinajstić information content (AvgIpc) is 3.17. The van der Waals surface area contributed by atoms with E-state index in [0.29, 0.717) is 34.6 Å². The second kappa shape index (κ2) is 7.45. The molecule has 0 fully saturated rings. The van der Waals surface area contributed by atoms with Crippen LogP contribution in [0.25, 0.3) is 22.2 Å². The third kappa shape index (κ3) is 2.99. The molecular formula is C23H20N4O6. The van der Waals surface area contributed by atoms with Gasteiger partial charge in [0.15, 0.2) is 0 Å². The van der Waals surface area contributed by atoms with Gasteiger partial charge >= 0.3 is 5.69 Å². The summed E-state index contributed by atoms with van der Waals surface area (Å²) in [4.78, 5) is 37.1. The molecule has 2 aromatic heterocycles. The first-order valence-corrected chi connectivity index (χ1v) is 10.3. The molecule has 0 saturated carbocycles. The lowest BCUT2D eigenvalue weighted by Crippen LogP contribution is -2.37. The van der Waals surface area contributed by atoms with E-state index in [0.717, 1.165) is 4.57 Å². The number of hydrogen-bond acceptors (Lipinski definition) is 6. The molecule has 10 nitrogen and oxygen atoms in total. The Hall–Kier alpha value is -4.18. The molecule has 1 unspecified atom stereocenters. The number of nitrogens with zero attached hydrogens (tertiary/aromatic N) is 4. The number of aromatic hydroxyl groups is 1. The van der Waals surface area contributed by atoms with Crippen molar-refractivity contribution in [1.82, 2.24) is 13.7 Å². The molecule has 1 atom stereocenters. The Bertz CT molecular complexity index is 1560. The van der Waals surface area contributed by atoms with E-state index < -0.39 is 22.3 Å². The Kier molecular flexibility index (Phi) is 4.68. The summed E-state index contributed by atoms with van der Waals surface area (Å²) in [6.45, 7) is 0.645. The molecule has 1 N–H and O–H groups in total. The lowest BCUT2D eigenvalue weighted by Gasteiger charge is -2.28. The van der Waals surface area contributed by atoms with Crippen LogP contribution in [-0.2, 0) is 25.4 Å². The Morgan fingerprint density at radius 3 is 2.58 bits per heavy atom. The van der Waals surface area contributed by atoms with E-state index in [4.69, 9.17) is 4.74 Å². The molecule has 1 aliphatic heterocycles. The molecule has 2 aromatic carbocycles. The van der Waals surface area contributed by atoms with Crippen LogP contribution in [0.15, 0.2) is 58.1 Å². The topological polar surface area (TPSA) is 122 Å². The van der Waals surface area contributed by atoms with E-state index in [1.165, 1.54) is 23.7 Å². The van der Waals surface area contributed by atoms with Gasteiger partial charge in [-0.1, -0.05) is 30.3 Å². The molecular weight excluding hydrogens is 428 g/mol. The summed E-state index contributed by atoms with van der Waals surface area (Å²) in [5, 5.41) is 22.2. The monoisotopic (exact) mass is 448 g/mol. The molecule has 4 aromatic rings. The van der Waals surface area contributed by atoms with E-state index in [2.05, 4.69) is 0 Å². The Labute approximate surface area is 186 Å². The van der Waals surface area contributed by atoms with Crippen LogP contribution < -0.4 is 11.2 Å². The molecule has 168 valence electrons. The largest absolute Gasteiger partial charge is 0.508 e. The van der Waals surface area contributed by atoms with Gasteiger partial charge < -0.3 is 14.4 Å². The average molecular weight is 448 g/mol. The van der Waals surface area contributed by atoms with Crippen molar-refractivity contribution in [3.63, 3.8) is 0 Å². The molecule has 0 saturated heterocycles. The minimum absolute atomic E-state index is 0.0241. The highest BCUT2D eigenvalue weighted by Gasteiger charge is 2.34. The lowest BCUT2D eigenvalue weighted by atomic mass is 10.0. The minimum atomic E-state index is -0.743. The quantitative estimate of drug-likeness (QED) is 0.380. The van der Waals surface area contributed by atoms with E-state index >= 15 is 0 Å². The van der Waals surface area contributed by atoms with E-state index in [9.17, 15) is 24.8 Å². The SMILES string of the molecule is Cn1c(=O)c2c(-c3cccc([N+](=O)[O-])c3)n3c(c2n(C)c1=O)C(c1ccccc1O)OCC3. The van der Waals surface area contributed by atoms with Crippen molar-refractivity contribution in [3.05, 3.63) is 90.7 Å². The van der Waals surface area contributed by atoms with Crippen LogP contribution >= 0.6 is 0 Å². The maximum Gasteiger partial charge on any atom is 0.331 e. The zero-order chi connectivity index (χ0) is 23.4. The van der Waals surface area contributed by atoms with Gasteiger partial charge in [-0.25, -0.2) is 4.79 Å². The van der Waals surface area contributed by atoms with Crippen LogP contribution in [-0.4, -0.2) is 30.3 Å². The summed E-state index contributed by atoms with van der Waals surface area (Å²) in [5.41, 5.74) is 1.24. The zero-order valence-corrected chi connectivity index (χ0v) is 17.9. The summed E-state index contributed by atoms with van der Waals surface area (Å²) >= 11 is 0. The van der Waals surface area contributed by atoms with Crippen LogP contribution in [0.4, 0.5) is 5.69 Å². The fraction of sp³-hybridized carbons (Fsp3) is 0.217. The van der Waals surface area contributed by atoms with E-state index in [1.807, 2.05) is 4.57 Å². The van der Waals surface area contributed by atoms with Gasteiger partial charge in [0, 0.05) is 43.9 Å². The van der Waals surface area contributed by atoms with Gasteiger partial charge in [-0.3, -0.25) is 24.0 Å². The molecule has 0 amide bonds. The highest BCUT2D eigenvalue weighted by molar-refractivity contribution is 5.96. The Balaban J connectivity index is 1.95. The van der Waals surface area contributed by atoms with Crippen LogP contribution in [0.3, 0.4) is 0 Å². The van der Waals surface area contributed by atoms with Gasteiger partial charge in [-0.2, -0.15) is 0 Å². The van der Waals surface area contributed by atoms with Crippen molar-refractivity contribution in [2.45, 2.75) is 12.6 Å². The number of para-hydroxylation sites is 1. The molecule has 0 spiro atoms. The van der Waals surface area contributed by atoms with E-state index in [1.54, 1.807) is 43.4 Å². The Morgan fingerprint density at radius 2 is 1.85 bits per heavy atom. The number of non-ortho nitro benzene ring substituents is 1. The molecule has 1 aliphatic rings. The minimum Gasteiger partial charge on any atom is -0.508 e. The molecule has 3 heterocycles. The van der Waals surface area contributed by atoms with Crippen molar-refractivity contribution in [1.29, 1.82) is 0 Å². The first-order valence-electron chi connectivity index (χ1n) is 10.3. The van der Waals surface area contributed by atoms with Crippen LogP contribution in [0.1, 0.15) is 17.4 Å². The third-order valence-corrected chi connectivity index (χ3v) is 6.10. The van der Waals surface area contributed by atoms with Crippen molar-refractivity contribution in [2.24, 2.45) is 14.1 Å². The number of fused-ring (bicyclic) bond motifs is 3. The molecule has 0 aliphatic carbocycles. The number of ether oxygens (including phenoxy) is 1. The summed E-state index contributed by atoms with van der Waals surface area (Å²) < 4.78 is 10.3. The smallest absolute Gasteiger partial charge is 0.331 e. The summed E-state index contributed by atoms with van der Waals surface area (Å²) in [6.07, 6.45) is -0.743. The molecule has 10 heteroatoms.